The number of hydrogen-bond donors (Lipinski definition) is 2. The van der Waals surface area contributed by atoms with Crippen LogP contribution in [-0.2, 0) is 6.61 Å². The first-order valence-electron chi connectivity index (χ1n) is 5.81. The van der Waals surface area contributed by atoms with Gasteiger partial charge in [0.25, 0.3) is 0 Å². The van der Waals surface area contributed by atoms with Crippen molar-refractivity contribution in [1.82, 2.24) is 0 Å². The van der Waals surface area contributed by atoms with E-state index in [-0.39, 0.29) is 12.3 Å². The third kappa shape index (κ3) is 3.40. The molecule has 0 atom stereocenters. The van der Waals surface area contributed by atoms with Crippen LogP contribution >= 0.6 is 11.6 Å². The summed E-state index contributed by atoms with van der Waals surface area (Å²) in [4.78, 5) is 0. The lowest BCUT2D eigenvalue weighted by Crippen LogP contribution is -1.96. The number of aliphatic hydroxyl groups excluding tert-OH is 1. The predicted molar refractivity (Wildman–Crippen MR) is 77.4 cm³/mol. The van der Waals surface area contributed by atoms with Gasteiger partial charge in [-0.1, -0.05) is 11.6 Å². The molecule has 0 aliphatic rings. The molecule has 0 saturated heterocycles. The van der Waals surface area contributed by atoms with Gasteiger partial charge in [0, 0.05) is 5.56 Å². The molecule has 2 rings (SSSR count). The van der Waals surface area contributed by atoms with Crippen LogP contribution in [-0.4, -0.2) is 10.8 Å². The van der Waals surface area contributed by atoms with Crippen LogP contribution < -0.4 is 5.43 Å². The zero-order chi connectivity index (χ0) is 15.2. The fourth-order valence-electron chi connectivity index (χ4n) is 1.59. The second kappa shape index (κ2) is 6.58. The number of anilines is 1. The fraction of sp³-hybridized carbons (Fsp3) is 0.0714. The number of aliphatic hydroxyl groups is 1. The molecule has 21 heavy (non-hydrogen) atoms. The van der Waals surface area contributed by atoms with Crippen molar-refractivity contribution in [2.75, 3.05) is 5.43 Å². The van der Waals surface area contributed by atoms with E-state index in [9.17, 15) is 0 Å². The van der Waals surface area contributed by atoms with Gasteiger partial charge in [0.15, 0.2) is 0 Å². The molecule has 0 radical (unpaired) electrons. The summed E-state index contributed by atoms with van der Waals surface area (Å²) in [5, 5.41) is 30.2. The van der Waals surface area contributed by atoms with E-state index in [2.05, 4.69) is 10.5 Å². The number of rotatable bonds is 4. The summed E-state index contributed by atoms with van der Waals surface area (Å²) >= 11 is 6.16. The predicted octanol–water partition coefficient (Wildman–Crippen LogP) is 2.91. The lowest BCUT2D eigenvalue weighted by molar-refractivity contribution is 0.248. The maximum Gasteiger partial charge on any atom is 0.237 e. The summed E-state index contributed by atoms with van der Waals surface area (Å²) in [7, 11) is 0. The highest BCUT2D eigenvalue weighted by molar-refractivity contribution is 6.33. The molecule has 0 bridgehead atoms. The summed E-state index contributed by atoms with van der Waals surface area (Å²) in [5.41, 5.74) is 3.47. The third-order valence-corrected chi connectivity index (χ3v) is 2.87. The number of nitriles is 2. The monoisotopic (exact) mass is 300 g/mol. The number of nitrogens with zero attached hydrogens (tertiary/aromatic N) is 3. The molecule has 6 nitrogen and oxygen atoms in total. The summed E-state index contributed by atoms with van der Waals surface area (Å²) in [6.45, 7) is -0.183. The van der Waals surface area contributed by atoms with Crippen molar-refractivity contribution in [2.45, 2.75) is 6.61 Å². The SMILES string of the molecule is N#CC(C#N)=NNc1ccc(-c2ccc(CO)o2)c(Cl)c1. The standard InChI is InChI=1S/C14H9ClN4O2/c15-13-5-9(18-19-10(6-16)7-17)1-3-12(13)14-4-2-11(8-20)21-14/h1-5,18,20H,8H2. The Labute approximate surface area is 125 Å². The van der Waals surface area contributed by atoms with E-state index >= 15 is 0 Å². The van der Waals surface area contributed by atoms with Crippen LogP contribution in [0.2, 0.25) is 5.02 Å². The van der Waals surface area contributed by atoms with Gasteiger partial charge in [-0.05, 0) is 30.3 Å². The van der Waals surface area contributed by atoms with Crippen molar-refractivity contribution in [2.24, 2.45) is 5.10 Å². The van der Waals surface area contributed by atoms with Gasteiger partial charge in [-0.15, -0.1) is 0 Å². The summed E-state index contributed by atoms with van der Waals surface area (Å²) in [6, 6.07) is 11.6. The first-order valence-corrected chi connectivity index (χ1v) is 6.19. The molecule has 0 spiro atoms. The Morgan fingerprint density at radius 3 is 2.62 bits per heavy atom. The average molecular weight is 301 g/mol. The van der Waals surface area contributed by atoms with Crippen molar-refractivity contribution in [3.05, 3.63) is 41.1 Å². The first kappa shape index (κ1) is 14.6. The average Bonchev–Trinajstić information content (AvgIpc) is 2.97. The normalized spacial score (nSPS) is 9.52. The van der Waals surface area contributed by atoms with E-state index in [1.54, 1.807) is 42.5 Å². The third-order valence-electron chi connectivity index (χ3n) is 2.56. The minimum Gasteiger partial charge on any atom is -0.459 e. The molecule has 0 amide bonds. The molecule has 0 aliphatic heterocycles. The van der Waals surface area contributed by atoms with Crippen molar-refractivity contribution in [3.63, 3.8) is 0 Å². The number of furan rings is 1. The summed E-state index contributed by atoms with van der Waals surface area (Å²) < 4.78 is 5.40. The van der Waals surface area contributed by atoms with Crippen LogP contribution in [0.25, 0.3) is 11.3 Å². The Balaban J connectivity index is 2.24. The lowest BCUT2D eigenvalue weighted by atomic mass is 10.1. The van der Waals surface area contributed by atoms with E-state index in [1.165, 1.54) is 0 Å². The number of halogens is 1. The second-order valence-corrected chi connectivity index (χ2v) is 4.32. The Bertz CT molecular complexity index is 752. The molecule has 2 N–H and O–H groups in total. The quantitative estimate of drug-likeness (QED) is 0.667. The highest BCUT2D eigenvalue weighted by atomic mass is 35.5. The maximum atomic E-state index is 8.98. The van der Waals surface area contributed by atoms with Gasteiger partial charge in [0.2, 0.25) is 5.71 Å². The van der Waals surface area contributed by atoms with E-state index in [0.717, 1.165) is 0 Å². The molecule has 0 aliphatic carbocycles. The molecule has 104 valence electrons. The highest BCUT2D eigenvalue weighted by Crippen LogP contribution is 2.31. The molecule has 1 heterocycles. The molecule has 7 heteroatoms. The molecular formula is C14H9ClN4O2. The van der Waals surface area contributed by atoms with Gasteiger partial charge in [0.05, 0.1) is 10.7 Å². The van der Waals surface area contributed by atoms with Gasteiger partial charge < -0.3 is 9.52 Å². The van der Waals surface area contributed by atoms with Crippen molar-refractivity contribution in [1.29, 1.82) is 10.5 Å². The van der Waals surface area contributed by atoms with E-state index in [1.807, 2.05) is 0 Å². The minimum absolute atomic E-state index is 0.183. The first-order chi connectivity index (χ1) is 10.2. The zero-order valence-corrected chi connectivity index (χ0v) is 11.4. The fourth-order valence-corrected chi connectivity index (χ4v) is 1.86. The Morgan fingerprint density at radius 1 is 1.29 bits per heavy atom. The molecular weight excluding hydrogens is 292 g/mol. The summed E-state index contributed by atoms with van der Waals surface area (Å²) in [5.74, 6) is 0.981. The number of benzene rings is 1. The molecule has 0 saturated carbocycles. The van der Waals surface area contributed by atoms with Crippen LogP contribution in [0, 0.1) is 22.7 Å². The van der Waals surface area contributed by atoms with Gasteiger partial charge in [-0.3, -0.25) is 5.43 Å². The summed E-state index contributed by atoms with van der Waals surface area (Å²) in [6.07, 6.45) is 0. The van der Waals surface area contributed by atoms with Crippen LogP contribution in [0.1, 0.15) is 5.76 Å². The van der Waals surface area contributed by atoms with E-state index < -0.39 is 0 Å². The number of hydrogen-bond acceptors (Lipinski definition) is 6. The minimum atomic E-state index is -0.283. The Kier molecular flexibility index (Phi) is 4.57. The highest BCUT2D eigenvalue weighted by Gasteiger charge is 2.09. The van der Waals surface area contributed by atoms with Gasteiger partial charge in [-0.25, -0.2) is 0 Å². The molecule has 0 fully saturated rings. The molecule has 0 unspecified atom stereocenters. The van der Waals surface area contributed by atoms with Gasteiger partial charge in [-0.2, -0.15) is 15.6 Å². The molecule has 1 aromatic carbocycles. The van der Waals surface area contributed by atoms with Gasteiger partial charge >= 0.3 is 0 Å². The van der Waals surface area contributed by atoms with Crippen molar-refractivity contribution >= 4 is 23.0 Å². The molecule has 1 aromatic heterocycles. The van der Waals surface area contributed by atoms with Crippen LogP contribution in [0.5, 0.6) is 0 Å². The second-order valence-electron chi connectivity index (χ2n) is 3.91. The van der Waals surface area contributed by atoms with Gasteiger partial charge in [0.1, 0.15) is 30.3 Å². The Morgan fingerprint density at radius 2 is 2.05 bits per heavy atom. The zero-order valence-electron chi connectivity index (χ0n) is 10.7. The lowest BCUT2D eigenvalue weighted by Gasteiger charge is -2.04. The molecule has 2 aromatic rings. The topological polar surface area (TPSA) is 105 Å². The smallest absolute Gasteiger partial charge is 0.237 e. The Hall–Kier alpha value is -2.80. The van der Waals surface area contributed by atoms with Crippen LogP contribution in [0.3, 0.4) is 0 Å². The van der Waals surface area contributed by atoms with Crippen LogP contribution in [0.4, 0.5) is 5.69 Å². The van der Waals surface area contributed by atoms with Crippen LogP contribution in [0.15, 0.2) is 39.9 Å². The van der Waals surface area contributed by atoms with Crippen molar-refractivity contribution in [3.8, 4) is 23.5 Å². The number of hydrazone groups is 1. The largest absolute Gasteiger partial charge is 0.459 e. The van der Waals surface area contributed by atoms with Crippen molar-refractivity contribution < 1.29 is 9.52 Å². The maximum absolute atomic E-state index is 8.98. The van der Waals surface area contributed by atoms with E-state index in [4.69, 9.17) is 31.6 Å². The number of nitrogens with one attached hydrogen (secondary N) is 1. The van der Waals surface area contributed by atoms with E-state index in [0.29, 0.717) is 27.8 Å².